The van der Waals surface area contributed by atoms with Gasteiger partial charge in [0.2, 0.25) is 0 Å². The summed E-state index contributed by atoms with van der Waals surface area (Å²) in [6.07, 6.45) is 2.75. The van der Waals surface area contributed by atoms with Crippen LogP contribution in [0.4, 0.5) is 4.39 Å². The van der Waals surface area contributed by atoms with Crippen molar-refractivity contribution in [2.45, 2.75) is 44.3 Å². The molecule has 2 aliphatic heterocycles. The summed E-state index contributed by atoms with van der Waals surface area (Å²) in [7, 11) is 0. The average molecular weight is 310 g/mol. The van der Waals surface area contributed by atoms with E-state index in [0.29, 0.717) is 17.7 Å². The average Bonchev–Trinajstić information content (AvgIpc) is 2.89. The molecule has 3 unspecified atom stereocenters. The first-order valence-corrected chi connectivity index (χ1v) is 8.79. The van der Waals surface area contributed by atoms with Crippen molar-refractivity contribution in [1.82, 2.24) is 0 Å². The van der Waals surface area contributed by atoms with Crippen molar-refractivity contribution < 1.29 is 14.2 Å². The molecule has 116 valence electrons. The normalized spacial score (nSPS) is 32.3. The van der Waals surface area contributed by atoms with Gasteiger partial charge < -0.3 is 9.84 Å². The molecule has 1 aromatic carbocycles. The summed E-state index contributed by atoms with van der Waals surface area (Å²) < 4.78 is 19.9. The van der Waals surface area contributed by atoms with Crippen LogP contribution >= 0.6 is 11.8 Å². The van der Waals surface area contributed by atoms with Gasteiger partial charge >= 0.3 is 0 Å². The van der Waals surface area contributed by atoms with Crippen LogP contribution < -0.4 is 0 Å². The fraction of sp³-hybridized carbons (Fsp3) is 0.647. The fourth-order valence-electron chi connectivity index (χ4n) is 3.51. The molecule has 4 heteroatoms. The smallest absolute Gasteiger partial charge is 0.126 e. The van der Waals surface area contributed by atoms with Crippen LogP contribution in [0.5, 0.6) is 0 Å². The molecule has 0 amide bonds. The summed E-state index contributed by atoms with van der Waals surface area (Å²) >= 11 is 1.93. The Hall–Kier alpha value is -0.580. The first-order valence-electron chi connectivity index (χ1n) is 7.64. The van der Waals surface area contributed by atoms with E-state index in [1.165, 1.54) is 6.07 Å². The quantitative estimate of drug-likeness (QED) is 0.904. The Morgan fingerprint density at radius 3 is 2.95 bits per heavy atom. The molecule has 0 saturated carbocycles. The predicted octanol–water partition coefficient (Wildman–Crippen LogP) is 3.64. The minimum atomic E-state index is -1.00. The van der Waals surface area contributed by atoms with Crippen LogP contribution in [-0.4, -0.2) is 28.8 Å². The lowest BCUT2D eigenvalue weighted by Crippen LogP contribution is -2.46. The molecule has 2 aliphatic rings. The maximum Gasteiger partial charge on any atom is 0.126 e. The summed E-state index contributed by atoms with van der Waals surface area (Å²) in [4.78, 5) is 0. The largest absolute Gasteiger partial charge is 0.385 e. The second-order valence-electron chi connectivity index (χ2n) is 6.64. The molecule has 21 heavy (non-hydrogen) atoms. The molecular weight excluding hydrogens is 287 g/mol. The highest BCUT2D eigenvalue weighted by Crippen LogP contribution is 2.46. The Morgan fingerprint density at radius 2 is 2.29 bits per heavy atom. The number of hydrogen-bond donors (Lipinski definition) is 1. The standard InChI is InChI=1S/C17H23FO2S/c1-12-3-4-13(9-15(12)18)16(2,19)14-5-7-20-17(10-14)6-8-21-11-17/h3-4,9,14,19H,5-8,10-11H2,1-2H3. The van der Waals surface area contributed by atoms with Gasteiger partial charge in [-0.25, -0.2) is 4.39 Å². The molecular formula is C17H23FO2S. The Bertz CT molecular complexity index is 524. The summed E-state index contributed by atoms with van der Waals surface area (Å²) in [6, 6.07) is 5.09. The summed E-state index contributed by atoms with van der Waals surface area (Å²) in [5.41, 5.74) is 0.225. The summed E-state index contributed by atoms with van der Waals surface area (Å²) in [5.74, 6) is 2.02. The van der Waals surface area contributed by atoms with Crippen molar-refractivity contribution in [3.63, 3.8) is 0 Å². The number of rotatable bonds is 2. The van der Waals surface area contributed by atoms with E-state index in [4.69, 9.17) is 4.74 Å². The lowest BCUT2D eigenvalue weighted by Gasteiger charge is -2.44. The van der Waals surface area contributed by atoms with E-state index in [1.54, 1.807) is 13.0 Å². The molecule has 1 N–H and O–H groups in total. The molecule has 3 atom stereocenters. The van der Waals surface area contributed by atoms with Gasteiger partial charge in [-0.2, -0.15) is 11.8 Å². The molecule has 0 radical (unpaired) electrons. The van der Waals surface area contributed by atoms with Crippen molar-refractivity contribution in [2.75, 3.05) is 18.1 Å². The molecule has 1 spiro atoms. The highest BCUT2D eigenvalue weighted by atomic mass is 32.2. The molecule has 2 heterocycles. The van der Waals surface area contributed by atoms with Gasteiger partial charge in [0.25, 0.3) is 0 Å². The third-order valence-corrected chi connectivity index (χ3v) is 6.33. The Labute approximate surface area is 130 Å². The van der Waals surface area contributed by atoms with Gasteiger partial charge in [-0.3, -0.25) is 0 Å². The van der Waals surface area contributed by atoms with Crippen LogP contribution in [0.2, 0.25) is 0 Å². The summed E-state index contributed by atoms with van der Waals surface area (Å²) in [5, 5.41) is 11.0. The van der Waals surface area contributed by atoms with Crippen molar-refractivity contribution in [2.24, 2.45) is 5.92 Å². The fourth-order valence-corrected chi connectivity index (χ4v) is 4.89. The summed E-state index contributed by atoms with van der Waals surface area (Å²) in [6.45, 7) is 4.26. The van der Waals surface area contributed by atoms with E-state index in [9.17, 15) is 9.50 Å². The maximum absolute atomic E-state index is 13.8. The van der Waals surface area contributed by atoms with Gasteiger partial charge in [0, 0.05) is 12.4 Å². The van der Waals surface area contributed by atoms with E-state index in [0.717, 1.165) is 30.8 Å². The second kappa shape index (κ2) is 5.56. The van der Waals surface area contributed by atoms with Crippen molar-refractivity contribution >= 4 is 11.8 Å². The number of ether oxygens (including phenoxy) is 1. The Morgan fingerprint density at radius 1 is 1.48 bits per heavy atom. The highest BCUT2D eigenvalue weighted by Gasteiger charge is 2.46. The predicted molar refractivity (Wildman–Crippen MR) is 84.1 cm³/mol. The second-order valence-corrected chi connectivity index (χ2v) is 7.74. The van der Waals surface area contributed by atoms with Gasteiger partial charge in [-0.1, -0.05) is 12.1 Å². The number of thioether (sulfide) groups is 1. The van der Waals surface area contributed by atoms with Crippen LogP contribution in [-0.2, 0) is 10.3 Å². The van der Waals surface area contributed by atoms with E-state index < -0.39 is 5.60 Å². The number of aryl methyl sites for hydroxylation is 1. The van der Waals surface area contributed by atoms with Crippen molar-refractivity contribution in [3.8, 4) is 0 Å². The molecule has 0 aromatic heterocycles. The minimum Gasteiger partial charge on any atom is -0.385 e. The lowest BCUT2D eigenvalue weighted by atomic mass is 9.73. The molecule has 2 nitrogen and oxygen atoms in total. The van der Waals surface area contributed by atoms with Crippen LogP contribution in [0.3, 0.4) is 0 Å². The molecule has 1 aromatic rings. The van der Waals surface area contributed by atoms with E-state index in [2.05, 4.69) is 0 Å². The minimum absolute atomic E-state index is 0.0686. The molecule has 2 fully saturated rings. The number of hydrogen-bond acceptors (Lipinski definition) is 3. The monoisotopic (exact) mass is 310 g/mol. The maximum atomic E-state index is 13.8. The topological polar surface area (TPSA) is 29.5 Å². The number of aliphatic hydroxyl groups is 1. The van der Waals surface area contributed by atoms with Crippen LogP contribution in [0.15, 0.2) is 18.2 Å². The number of halogens is 1. The van der Waals surface area contributed by atoms with Crippen LogP contribution in [0, 0.1) is 18.7 Å². The van der Waals surface area contributed by atoms with Gasteiger partial charge in [-0.05, 0) is 62.0 Å². The van der Waals surface area contributed by atoms with E-state index in [-0.39, 0.29) is 17.3 Å². The lowest BCUT2D eigenvalue weighted by molar-refractivity contribution is -0.129. The van der Waals surface area contributed by atoms with Gasteiger partial charge in [0.1, 0.15) is 5.82 Å². The van der Waals surface area contributed by atoms with Crippen molar-refractivity contribution in [3.05, 3.63) is 35.1 Å². The number of benzene rings is 1. The zero-order valence-electron chi connectivity index (χ0n) is 12.7. The van der Waals surface area contributed by atoms with Gasteiger partial charge in [-0.15, -0.1) is 0 Å². The first-order chi connectivity index (χ1) is 9.93. The molecule has 3 rings (SSSR count). The zero-order valence-corrected chi connectivity index (χ0v) is 13.5. The van der Waals surface area contributed by atoms with Crippen LogP contribution in [0.25, 0.3) is 0 Å². The molecule has 0 bridgehead atoms. The van der Waals surface area contributed by atoms with E-state index >= 15 is 0 Å². The van der Waals surface area contributed by atoms with Gasteiger partial charge in [0.05, 0.1) is 11.2 Å². The highest BCUT2D eigenvalue weighted by molar-refractivity contribution is 7.99. The SMILES string of the molecule is Cc1ccc(C(C)(O)C2CCOC3(CCSC3)C2)cc1F. The van der Waals surface area contributed by atoms with Crippen LogP contribution in [0.1, 0.15) is 37.3 Å². The Kier molecular flexibility index (Phi) is 4.06. The first kappa shape index (κ1) is 15.3. The Balaban J connectivity index is 1.84. The molecule has 0 aliphatic carbocycles. The van der Waals surface area contributed by atoms with Crippen molar-refractivity contribution in [1.29, 1.82) is 0 Å². The third-order valence-electron chi connectivity index (χ3n) is 5.11. The van der Waals surface area contributed by atoms with Gasteiger partial charge in [0.15, 0.2) is 0 Å². The zero-order chi connectivity index (χ0) is 15.1. The van der Waals surface area contributed by atoms with E-state index in [1.807, 2.05) is 24.8 Å². The molecule has 2 saturated heterocycles. The third kappa shape index (κ3) is 2.86.